The summed E-state index contributed by atoms with van der Waals surface area (Å²) in [6, 6.07) is 10.3. The lowest BCUT2D eigenvalue weighted by Gasteiger charge is -2.46. The van der Waals surface area contributed by atoms with Gasteiger partial charge in [-0.25, -0.2) is 13.8 Å². The van der Waals surface area contributed by atoms with E-state index in [0.717, 1.165) is 41.7 Å². The molecule has 0 N–H and O–H groups in total. The molecule has 0 spiro atoms. The number of hydrogen-bond acceptors (Lipinski definition) is 4. The van der Waals surface area contributed by atoms with Crippen molar-refractivity contribution in [1.82, 2.24) is 4.98 Å². The van der Waals surface area contributed by atoms with Crippen LogP contribution in [-0.2, 0) is 17.5 Å². The number of alkyl halides is 5. The van der Waals surface area contributed by atoms with Crippen LogP contribution in [0.25, 0.3) is 5.70 Å². The Labute approximate surface area is 235 Å². The molecular formula is C32H31F5N2O2. The number of ketones is 1. The molecule has 1 aliphatic carbocycles. The smallest absolute Gasteiger partial charge is 0.416 e. The zero-order valence-corrected chi connectivity index (χ0v) is 23.1. The van der Waals surface area contributed by atoms with Crippen LogP contribution >= 0.6 is 0 Å². The highest BCUT2D eigenvalue weighted by Gasteiger charge is 2.48. The number of halogens is 5. The molecule has 0 saturated heterocycles. The van der Waals surface area contributed by atoms with Crippen LogP contribution in [0.1, 0.15) is 97.6 Å². The molecule has 2 aromatic carbocycles. The lowest BCUT2D eigenvalue weighted by molar-refractivity contribution is -0.137. The lowest BCUT2D eigenvalue weighted by Crippen LogP contribution is -2.46. The topological polar surface area (TPSA) is 55.5 Å². The highest BCUT2D eigenvalue weighted by Crippen LogP contribution is 2.50. The molecule has 1 fully saturated rings. The van der Waals surface area contributed by atoms with Crippen LogP contribution in [0.3, 0.4) is 0 Å². The Bertz CT molecular complexity index is 1500. The zero-order valence-electron chi connectivity index (χ0n) is 23.1. The fourth-order valence-corrected chi connectivity index (χ4v) is 5.83. The van der Waals surface area contributed by atoms with E-state index in [1.807, 2.05) is 31.2 Å². The molecule has 3 aromatic rings. The van der Waals surface area contributed by atoms with Crippen molar-refractivity contribution in [2.75, 3.05) is 0 Å². The molecule has 1 aromatic heterocycles. The second-order valence-electron chi connectivity index (χ2n) is 11.2. The largest absolute Gasteiger partial charge is 0.451 e. The molecule has 0 radical (unpaired) electrons. The summed E-state index contributed by atoms with van der Waals surface area (Å²) in [7, 11) is 0. The number of carbonyl (C=O) groups is 1. The highest BCUT2D eigenvalue weighted by molar-refractivity contribution is 6.04. The average Bonchev–Trinajstić information content (AvgIpc) is 3.41. The molecule has 9 heteroatoms. The summed E-state index contributed by atoms with van der Waals surface area (Å²) >= 11 is 0. The predicted molar refractivity (Wildman–Crippen MR) is 146 cm³/mol. The number of aromatic nitrogens is 1. The summed E-state index contributed by atoms with van der Waals surface area (Å²) in [6.45, 7) is 5.23. The summed E-state index contributed by atoms with van der Waals surface area (Å²) in [5.41, 5.74) is 1.95. The number of oxazole rings is 1. The van der Waals surface area contributed by atoms with E-state index in [4.69, 9.17) is 9.41 Å². The van der Waals surface area contributed by atoms with E-state index in [1.165, 1.54) is 19.6 Å². The fourth-order valence-electron chi connectivity index (χ4n) is 5.83. The van der Waals surface area contributed by atoms with Gasteiger partial charge in [0.15, 0.2) is 12.2 Å². The lowest BCUT2D eigenvalue weighted by atomic mass is 9.56. The molecule has 2 aliphatic rings. The molecule has 2 atom stereocenters. The maximum atomic E-state index is 14.6. The van der Waals surface area contributed by atoms with E-state index < -0.39 is 29.6 Å². The normalized spacial score (nSPS) is 21.8. The first-order chi connectivity index (χ1) is 19.3. The minimum absolute atomic E-state index is 0.0535. The highest BCUT2D eigenvalue weighted by atomic mass is 19.4. The van der Waals surface area contributed by atoms with Crippen molar-refractivity contribution in [2.24, 2.45) is 10.9 Å². The van der Waals surface area contributed by atoms with Crippen LogP contribution in [0.4, 0.5) is 22.0 Å². The van der Waals surface area contributed by atoms with Gasteiger partial charge in [-0.3, -0.25) is 9.79 Å². The molecule has 216 valence electrons. The van der Waals surface area contributed by atoms with Gasteiger partial charge in [-0.1, -0.05) is 38.1 Å². The molecule has 2 unspecified atom stereocenters. The van der Waals surface area contributed by atoms with E-state index >= 15 is 0 Å². The predicted octanol–water partition coefficient (Wildman–Crippen LogP) is 9.15. The SMILES string of the molecule is CCC(F)(F)c1cc(C2=NC(c3ccc(C4(C)CCC4C(=O)c4cocn4)cc3)=C(C)CCC2)cc(C(F)(F)F)c1. The van der Waals surface area contributed by atoms with Gasteiger partial charge >= 0.3 is 6.18 Å². The zero-order chi connectivity index (χ0) is 29.6. The van der Waals surface area contributed by atoms with Gasteiger partial charge < -0.3 is 4.42 Å². The number of Topliss-reactive ketones (excluding diaryl/α,β-unsaturated/α-hetero) is 1. The third kappa shape index (κ3) is 5.51. The molecule has 0 bridgehead atoms. The quantitative estimate of drug-likeness (QED) is 0.210. The molecule has 41 heavy (non-hydrogen) atoms. The third-order valence-electron chi connectivity index (χ3n) is 8.62. The van der Waals surface area contributed by atoms with Crippen molar-refractivity contribution >= 4 is 17.2 Å². The van der Waals surface area contributed by atoms with Gasteiger partial charge in [-0.2, -0.15) is 13.2 Å². The van der Waals surface area contributed by atoms with Crippen LogP contribution < -0.4 is 0 Å². The van der Waals surface area contributed by atoms with E-state index in [0.29, 0.717) is 42.4 Å². The first kappa shape index (κ1) is 28.9. The molecule has 1 aliphatic heterocycles. The van der Waals surface area contributed by atoms with Gasteiger partial charge in [-0.15, -0.1) is 0 Å². The van der Waals surface area contributed by atoms with E-state index in [-0.39, 0.29) is 22.7 Å². The average molecular weight is 571 g/mol. The summed E-state index contributed by atoms with van der Waals surface area (Å²) in [6.07, 6.45) is 0.474. The second-order valence-corrected chi connectivity index (χ2v) is 11.2. The van der Waals surface area contributed by atoms with Gasteiger partial charge in [0.25, 0.3) is 5.92 Å². The van der Waals surface area contributed by atoms with Crippen molar-refractivity contribution in [1.29, 1.82) is 0 Å². The minimum atomic E-state index is -4.77. The molecule has 2 heterocycles. The Hall–Kier alpha value is -3.62. The van der Waals surface area contributed by atoms with Crippen molar-refractivity contribution in [3.8, 4) is 0 Å². The van der Waals surface area contributed by atoms with Crippen molar-refractivity contribution in [2.45, 2.75) is 76.8 Å². The number of rotatable bonds is 7. The van der Waals surface area contributed by atoms with Crippen molar-refractivity contribution in [3.63, 3.8) is 0 Å². The Morgan fingerprint density at radius 3 is 2.32 bits per heavy atom. The molecule has 5 rings (SSSR count). The summed E-state index contributed by atoms with van der Waals surface area (Å²) < 4.78 is 75.2. The summed E-state index contributed by atoms with van der Waals surface area (Å²) in [5, 5.41) is 0. The Kier molecular flexibility index (Phi) is 7.51. The number of hydrogen-bond donors (Lipinski definition) is 0. The first-order valence-corrected chi connectivity index (χ1v) is 13.7. The summed E-state index contributed by atoms with van der Waals surface area (Å²) in [5.74, 6) is -3.67. The number of nitrogens with zero attached hydrogens (tertiary/aromatic N) is 2. The summed E-state index contributed by atoms with van der Waals surface area (Å²) in [4.78, 5) is 21.8. The van der Waals surface area contributed by atoms with Crippen LogP contribution in [0.15, 0.2) is 70.1 Å². The Balaban J connectivity index is 1.49. The molecule has 0 amide bonds. The first-order valence-electron chi connectivity index (χ1n) is 13.7. The molecule has 4 nitrogen and oxygen atoms in total. The molecular weight excluding hydrogens is 539 g/mol. The Morgan fingerprint density at radius 1 is 1.02 bits per heavy atom. The number of benzene rings is 2. The van der Waals surface area contributed by atoms with Gasteiger partial charge in [0.1, 0.15) is 12.0 Å². The minimum Gasteiger partial charge on any atom is -0.451 e. The van der Waals surface area contributed by atoms with Gasteiger partial charge in [-0.05, 0) is 73.9 Å². The maximum Gasteiger partial charge on any atom is 0.416 e. The van der Waals surface area contributed by atoms with Crippen LogP contribution in [0.5, 0.6) is 0 Å². The number of carbonyl (C=O) groups excluding carboxylic acids is 1. The number of allylic oxidation sites excluding steroid dienone is 1. The second kappa shape index (κ2) is 10.7. The van der Waals surface area contributed by atoms with Crippen molar-refractivity contribution < 1.29 is 31.2 Å². The monoisotopic (exact) mass is 570 g/mol. The van der Waals surface area contributed by atoms with Crippen LogP contribution in [-0.4, -0.2) is 16.5 Å². The third-order valence-corrected chi connectivity index (χ3v) is 8.62. The fraction of sp³-hybridized carbons (Fsp3) is 0.406. The van der Waals surface area contributed by atoms with Gasteiger partial charge in [0.05, 0.1) is 11.3 Å². The Morgan fingerprint density at radius 2 is 1.73 bits per heavy atom. The van der Waals surface area contributed by atoms with Gasteiger partial charge in [0.2, 0.25) is 0 Å². The van der Waals surface area contributed by atoms with E-state index in [1.54, 1.807) is 0 Å². The maximum absolute atomic E-state index is 14.6. The van der Waals surface area contributed by atoms with Gasteiger partial charge in [0, 0.05) is 34.6 Å². The molecule has 1 saturated carbocycles. The standard InChI is InChI=1S/C32H31F5N2O2/c1-4-31(33,34)23-14-21(15-24(16-23)32(35,36)37)26-7-5-6-19(2)28(39-26)20-8-10-22(11-9-20)30(3)13-12-25(30)29(40)27-17-41-18-38-27/h8-11,14-18,25H,4-7,12-13H2,1-3H3. The number of aliphatic imine (C=N–C) groups is 1. The van der Waals surface area contributed by atoms with Crippen molar-refractivity contribution in [3.05, 3.63) is 94.2 Å². The van der Waals surface area contributed by atoms with E-state index in [9.17, 15) is 26.7 Å². The van der Waals surface area contributed by atoms with E-state index in [2.05, 4.69) is 11.9 Å². The van der Waals surface area contributed by atoms with Crippen LogP contribution in [0, 0.1) is 5.92 Å². The van der Waals surface area contributed by atoms with Crippen LogP contribution in [0.2, 0.25) is 0 Å².